The van der Waals surface area contributed by atoms with Gasteiger partial charge in [-0.15, -0.1) is 0 Å². The first-order valence-electron chi connectivity index (χ1n) is 33.8. The maximum absolute atomic E-state index is 13.0. The molecule has 0 bridgehead atoms. The third-order valence-electron chi connectivity index (χ3n) is 15.2. The van der Waals surface area contributed by atoms with Crippen molar-refractivity contribution in [2.45, 2.75) is 328 Å². The fourth-order valence-electron chi connectivity index (χ4n) is 9.96. The van der Waals surface area contributed by atoms with Crippen molar-refractivity contribution in [3.05, 3.63) is 72.9 Å². The topological polar surface area (TPSA) is 105 Å². The average Bonchev–Trinajstić information content (AvgIpc) is 3.42. The molecule has 3 N–H and O–H groups in total. The van der Waals surface area contributed by atoms with Crippen LogP contribution in [0.25, 0.3) is 0 Å². The Bertz CT molecular complexity index is 1520. The van der Waals surface area contributed by atoms with E-state index in [9.17, 15) is 19.4 Å². The van der Waals surface area contributed by atoms with Gasteiger partial charge in [0.25, 0.3) is 0 Å². The smallest absolute Gasteiger partial charge is 0.387 e. The Labute approximate surface area is 491 Å². The van der Waals surface area contributed by atoms with Crippen LogP contribution in [0, 0.1) is 0 Å². The largest absolute Gasteiger partial charge is 0.472 e. The number of phosphoric ester groups is 1. The molecule has 3 atom stereocenters. The van der Waals surface area contributed by atoms with E-state index in [2.05, 4.69) is 79.9 Å². The molecule has 8 nitrogen and oxygen atoms in total. The molecule has 1 amide bonds. The van der Waals surface area contributed by atoms with Gasteiger partial charge in [-0.3, -0.25) is 13.8 Å². The van der Waals surface area contributed by atoms with Gasteiger partial charge in [-0.05, 0) is 64.2 Å². The molecular formula is C70H132N2O6P+. The van der Waals surface area contributed by atoms with Crippen molar-refractivity contribution in [1.82, 2.24) is 5.32 Å². The van der Waals surface area contributed by atoms with Crippen molar-refractivity contribution in [2.24, 2.45) is 0 Å². The van der Waals surface area contributed by atoms with Gasteiger partial charge in [0.05, 0.1) is 39.9 Å². The van der Waals surface area contributed by atoms with E-state index < -0.39 is 20.0 Å². The fourth-order valence-corrected chi connectivity index (χ4v) is 10.7. The van der Waals surface area contributed by atoms with Crippen molar-refractivity contribution in [3.63, 3.8) is 0 Å². The normalized spacial score (nSPS) is 14.2. The van der Waals surface area contributed by atoms with E-state index in [0.717, 1.165) is 70.6 Å². The number of likely N-dealkylation sites (N-methyl/N-ethyl adjacent to an activating group) is 1. The summed E-state index contributed by atoms with van der Waals surface area (Å²) in [6.45, 7) is 4.74. The number of allylic oxidation sites excluding steroid dienone is 11. The molecule has 462 valence electrons. The SMILES string of the molecule is CC/C=C\C/C=C\C/C=C\C/C=C\C/C=C\CCCCCCCCCCCCCCCCCCCCCC(=O)NC(COP(=O)(O)OCC[N+](C)(C)C)C(O)/C=C/CCCCCCCCCCCCCCCCCCCCCC. The molecule has 0 spiro atoms. The van der Waals surface area contributed by atoms with Gasteiger partial charge < -0.3 is 19.8 Å². The van der Waals surface area contributed by atoms with Crippen molar-refractivity contribution >= 4 is 13.7 Å². The zero-order valence-corrected chi connectivity index (χ0v) is 53.8. The van der Waals surface area contributed by atoms with E-state index in [1.807, 2.05) is 27.2 Å². The Balaban J connectivity index is 4.04. The standard InChI is InChI=1S/C70H131N2O6P/c1-6-8-10-12-14-16-18-20-22-24-26-28-30-31-32-33-34-35-36-37-38-39-40-41-42-44-46-48-50-52-54-56-58-60-62-64-70(74)71-68(67-78-79(75,76)77-66-65-72(3,4)5)69(73)63-61-59-57-55-53-51-49-47-45-43-29-27-25-23-21-19-17-15-13-11-9-7-2/h8,10,14,16,20,22,26,28,31-32,61,63,68-69,73H,6-7,9,11-13,15,17-19,21,23-25,27,29-30,33-60,62,64-67H2,1-5H3,(H-,71,74,75,76)/p+1/b10-8-,16-14-,22-20-,28-26-,32-31-,63-61+. The summed E-state index contributed by atoms with van der Waals surface area (Å²) in [5.74, 6) is -0.173. The number of phosphoric acid groups is 1. The molecule has 0 rings (SSSR count). The Hall–Kier alpha value is -2.06. The minimum Gasteiger partial charge on any atom is -0.387 e. The van der Waals surface area contributed by atoms with Gasteiger partial charge in [0.1, 0.15) is 13.2 Å². The molecule has 0 aromatic carbocycles. The first-order chi connectivity index (χ1) is 38.5. The minimum absolute atomic E-state index is 0.0615. The minimum atomic E-state index is -4.35. The zero-order chi connectivity index (χ0) is 57.7. The molecule has 0 aromatic heterocycles. The number of hydrogen-bond acceptors (Lipinski definition) is 5. The van der Waals surface area contributed by atoms with E-state index in [1.54, 1.807) is 6.08 Å². The van der Waals surface area contributed by atoms with Crippen LogP contribution in [0.3, 0.4) is 0 Å². The Kier molecular flexibility index (Phi) is 59.0. The van der Waals surface area contributed by atoms with Crippen LogP contribution in [0.2, 0.25) is 0 Å². The summed E-state index contributed by atoms with van der Waals surface area (Å²) in [6.07, 6.45) is 84.6. The Morgan fingerprint density at radius 1 is 0.443 bits per heavy atom. The van der Waals surface area contributed by atoms with Crippen molar-refractivity contribution in [3.8, 4) is 0 Å². The number of carbonyl (C=O) groups excluding carboxylic acids is 1. The predicted octanol–water partition coefficient (Wildman–Crippen LogP) is 21.4. The molecule has 0 fully saturated rings. The van der Waals surface area contributed by atoms with Crippen LogP contribution in [0.4, 0.5) is 0 Å². The van der Waals surface area contributed by atoms with Crippen LogP contribution in [0.1, 0.15) is 316 Å². The maximum Gasteiger partial charge on any atom is 0.472 e. The van der Waals surface area contributed by atoms with Crippen LogP contribution in [-0.2, 0) is 18.4 Å². The summed E-state index contributed by atoms with van der Waals surface area (Å²) in [4.78, 5) is 23.4. The summed E-state index contributed by atoms with van der Waals surface area (Å²) in [5, 5.41) is 14.0. The molecule has 0 radical (unpaired) electrons. The Morgan fingerprint density at radius 3 is 1.11 bits per heavy atom. The van der Waals surface area contributed by atoms with Gasteiger partial charge >= 0.3 is 7.82 Å². The first kappa shape index (κ1) is 76.9. The van der Waals surface area contributed by atoms with E-state index in [1.165, 1.54) is 225 Å². The van der Waals surface area contributed by atoms with Gasteiger partial charge in [0.15, 0.2) is 0 Å². The number of carbonyl (C=O) groups is 1. The van der Waals surface area contributed by atoms with Crippen LogP contribution in [0.15, 0.2) is 72.9 Å². The van der Waals surface area contributed by atoms with Crippen molar-refractivity contribution in [1.29, 1.82) is 0 Å². The monoisotopic (exact) mass is 1130 g/mol. The molecule has 0 saturated heterocycles. The zero-order valence-electron chi connectivity index (χ0n) is 52.9. The van der Waals surface area contributed by atoms with E-state index >= 15 is 0 Å². The fraction of sp³-hybridized carbons (Fsp3) is 0.814. The average molecular weight is 1130 g/mol. The number of amides is 1. The summed E-state index contributed by atoms with van der Waals surface area (Å²) in [6, 6.07) is -0.849. The summed E-state index contributed by atoms with van der Waals surface area (Å²) >= 11 is 0. The third-order valence-corrected chi connectivity index (χ3v) is 16.2. The van der Waals surface area contributed by atoms with Gasteiger partial charge in [0.2, 0.25) is 5.91 Å². The van der Waals surface area contributed by atoms with Crippen LogP contribution < -0.4 is 5.32 Å². The summed E-state index contributed by atoms with van der Waals surface area (Å²) < 4.78 is 23.8. The Morgan fingerprint density at radius 2 is 0.759 bits per heavy atom. The molecule has 0 aliphatic carbocycles. The van der Waals surface area contributed by atoms with Crippen LogP contribution in [-0.4, -0.2) is 73.4 Å². The molecule has 9 heteroatoms. The molecule has 0 saturated carbocycles. The second-order valence-electron chi connectivity index (χ2n) is 24.2. The number of rotatable bonds is 62. The highest BCUT2D eigenvalue weighted by Crippen LogP contribution is 2.43. The molecule has 0 aliphatic heterocycles. The van der Waals surface area contributed by atoms with Gasteiger partial charge in [-0.25, -0.2) is 4.57 Å². The lowest BCUT2D eigenvalue weighted by atomic mass is 10.0. The lowest BCUT2D eigenvalue weighted by Crippen LogP contribution is -2.45. The number of hydrogen-bond donors (Lipinski definition) is 3. The summed E-state index contributed by atoms with van der Waals surface area (Å²) in [7, 11) is 1.58. The number of quaternary nitrogens is 1. The van der Waals surface area contributed by atoms with E-state index in [0.29, 0.717) is 17.4 Å². The predicted molar refractivity (Wildman–Crippen MR) is 346 cm³/mol. The lowest BCUT2D eigenvalue weighted by Gasteiger charge is -2.25. The van der Waals surface area contributed by atoms with Gasteiger partial charge in [-0.1, -0.05) is 318 Å². The molecule has 0 heterocycles. The number of aliphatic hydroxyl groups excluding tert-OH is 1. The molecule has 3 unspecified atom stereocenters. The molecule has 79 heavy (non-hydrogen) atoms. The third kappa shape index (κ3) is 63.4. The first-order valence-corrected chi connectivity index (χ1v) is 35.3. The van der Waals surface area contributed by atoms with Crippen LogP contribution >= 0.6 is 7.82 Å². The number of nitrogens with zero attached hydrogens (tertiary/aromatic N) is 1. The van der Waals surface area contributed by atoms with Crippen molar-refractivity contribution < 1.29 is 32.9 Å². The highest BCUT2D eigenvalue weighted by Gasteiger charge is 2.28. The highest BCUT2D eigenvalue weighted by molar-refractivity contribution is 7.47. The summed E-state index contributed by atoms with van der Waals surface area (Å²) in [5.41, 5.74) is 0. The molecular weight excluding hydrogens is 996 g/mol. The number of nitrogens with one attached hydrogen (secondary N) is 1. The second-order valence-corrected chi connectivity index (χ2v) is 25.6. The van der Waals surface area contributed by atoms with Crippen molar-refractivity contribution in [2.75, 3.05) is 40.9 Å². The maximum atomic E-state index is 13.0. The number of unbranched alkanes of at least 4 members (excludes halogenated alkanes) is 39. The molecule has 0 aliphatic rings. The molecule has 0 aromatic rings. The van der Waals surface area contributed by atoms with Crippen LogP contribution in [0.5, 0.6) is 0 Å². The number of aliphatic hydroxyl groups is 1. The van der Waals surface area contributed by atoms with Gasteiger partial charge in [0, 0.05) is 6.42 Å². The van der Waals surface area contributed by atoms with Gasteiger partial charge in [-0.2, -0.15) is 0 Å². The second kappa shape index (κ2) is 60.5. The quantitative estimate of drug-likeness (QED) is 0.0243. The highest BCUT2D eigenvalue weighted by atomic mass is 31.2. The van der Waals surface area contributed by atoms with E-state index in [-0.39, 0.29) is 19.1 Å². The van der Waals surface area contributed by atoms with E-state index in [4.69, 9.17) is 9.05 Å². The lowest BCUT2D eigenvalue weighted by molar-refractivity contribution is -0.870.